The molecular formula is C17H25NO2. The summed E-state index contributed by atoms with van der Waals surface area (Å²) < 4.78 is 12.0. The van der Waals surface area contributed by atoms with Crippen molar-refractivity contribution >= 4 is 0 Å². The highest BCUT2D eigenvalue weighted by atomic mass is 16.5. The number of nitrogens with two attached hydrogens (primary N) is 1. The number of ether oxygens (including phenoxy) is 2. The SMILES string of the molecule is CCOC1(C(N)c2cccc3c2OCC3)CCCCC1. The van der Waals surface area contributed by atoms with Crippen LogP contribution >= 0.6 is 0 Å². The van der Waals surface area contributed by atoms with Crippen molar-refractivity contribution in [2.75, 3.05) is 13.2 Å². The minimum Gasteiger partial charge on any atom is -0.493 e. The van der Waals surface area contributed by atoms with Crippen molar-refractivity contribution in [2.45, 2.75) is 57.1 Å². The number of fused-ring (bicyclic) bond motifs is 1. The molecule has 1 fully saturated rings. The van der Waals surface area contributed by atoms with Gasteiger partial charge in [-0.25, -0.2) is 0 Å². The molecule has 1 atom stereocenters. The first-order valence-electron chi connectivity index (χ1n) is 7.91. The maximum atomic E-state index is 6.66. The van der Waals surface area contributed by atoms with Gasteiger partial charge in [0.1, 0.15) is 5.75 Å². The average Bonchev–Trinajstić information content (AvgIpc) is 2.96. The smallest absolute Gasteiger partial charge is 0.127 e. The molecule has 0 saturated heterocycles. The molecule has 1 heterocycles. The maximum absolute atomic E-state index is 6.66. The summed E-state index contributed by atoms with van der Waals surface area (Å²) in [5.74, 6) is 1.02. The second kappa shape index (κ2) is 5.74. The predicted molar refractivity (Wildman–Crippen MR) is 80.0 cm³/mol. The summed E-state index contributed by atoms with van der Waals surface area (Å²) in [6.45, 7) is 3.57. The van der Waals surface area contributed by atoms with Crippen molar-refractivity contribution in [2.24, 2.45) is 5.73 Å². The summed E-state index contributed by atoms with van der Waals surface area (Å²) in [5.41, 5.74) is 8.89. The number of para-hydroxylation sites is 1. The Kier molecular flexibility index (Phi) is 3.99. The van der Waals surface area contributed by atoms with E-state index in [1.54, 1.807) is 0 Å². The van der Waals surface area contributed by atoms with E-state index < -0.39 is 0 Å². The van der Waals surface area contributed by atoms with Crippen molar-refractivity contribution in [3.05, 3.63) is 29.3 Å². The van der Waals surface area contributed by atoms with Crippen LogP contribution in [0.4, 0.5) is 0 Å². The first-order chi connectivity index (χ1) is 9.77. The fourth-order valence-electron chi connectivity index (χ4n) is 3.75. The largest absolute Gasteiger partial charge is 0.493 e. The molecule has 1 saturated carbocycles. The van der Waals surface area contributed by atoms with Gasteiger partial charge in [-0.15, -0.1) is 0 Å². The average molecular weight is 275 g/mol. The molecule has 1 aliphatic heterocycles. The third-order valence-corrected chi connectivity index (χ3v) is 4.78. The van der Waals surface area contributed by atoms with E-state index in [2.05, 4.69) is 25.1 Å². The van der Waals surface area contributed by atoms with E-state index in [1.807, 2.05) is 0 Å². The third-order valence-electron chi connectivity index (χ3n) is 4.78. The maximum Gasteiger partial charge on any atom is 0.127 e. The van der Waals surface area contributed by atoms with Gasteiger partial charge in [-0.3, -0.25) is 0 Å². The lowest BCUT2D eigenvalue weighted by Crippen LogP contribution is -2.45. The Morgan fingerprint density at radius 1 is 1.30 bits per heavy atom. The second-order valence-corrected chi connectivity index (χ2v) is 5.97. The Balaban J connectivity index is 1.93. The molecule has 1 aliphatic carbocycles. The molecule has 3 rings (SSSR count). The number of rotatable bonds is 4. The zero-order chi connectivity index (χ0) is 14.0. The number of benzene rings is 1. The second-order valence-electron chi connectivity index (χ2n) is 5.97. The van der Waals surface area contributed by atoms with Crippen LogP contribution in [-0.2, 0) is 11.2 Å². The van der Waals surface area contributed by atoms with Crippen molar-refractivity contribution < 1.29 is 9.47 Å². The van der Waals surface area contributed by atoms with Crippen LogP contribution in [0.3, 0.4) is 0 Å². The van der Waals surface area contributed by atoms with E-state index in [0.717, 1.165) is 43.8 Å². The molecule has 1 unspecified atom stereocenters. The van der Waals surface area contributed by atoms with Crippen molar-refractivity contribution in [3.63, 3.8) is 0 Å². The van der Waals surface area contributed by atoms with E-state index in [0.29, 0.717) is 0 Å². The zero-order valence-electron chi connectivity index (χ0n) is 12.4. The summed E-state index contributed by atoms with van der Waals surface area (Å²) in [7, 11) is 0. The molecule has 1 aromatic rings. The molecule has 20 heavy (non-hydrogen) atoms. The van der Waals surface area contributed by atoms with E-state index in [-0.39, 0.29) is 11.6 Å². The molecule has 0 amide bonds. The molecule has 0 aromatic heterocycles. The lowest BCUT2D eigenvalue weighted by molar-refractivity contribution is -0.0834. The summed E-state index contributed by atoms with van der Waals surface area (Å²) in [4.78, 5) is 0. The third kappa shape index (κ3) is 2.33. The van der Waals surface area contributed by atoms with Gasteiger partial charge in [0.05, 0.1) is 18.2 Å². The predicted octanol–water partition coefficient (Wildman–Crippen LogP) is 3.36. The fourth-order valence-corrected chi connectivity index (χ4v) is 3.75. The highest BCUT2D eigenvalue weighted by Crippen LogP contribution is 2.44. The zero-order valence-corrected chi connectivity index (χ0v) is 12.4. The van der Waals surface area contributed by atoms with Gasteiger partial charge < -0.3 is 15.2 Å². The van der Waals surface area contributed by atoms with Gasteiger partial charge in [-0.2, -0.15) is 0 Å². The van der Waals surface area contributed by atoms with Gasteiger partial charge in [0, 0.05) is 18.6 Å². The topological polar surface area (TPSA) is 44.5 Å². The molecule has 3 nitrogen and oxygen atoms in total. The van der Waals surface area contributed by atoms with Crippen LogP contribution in [0.5, 0.6) is 5.75 Å². The van der Waals surface area contributed by atoms with Crippen molar-refractivity contribution in [3.8, 4) is 5.75 Å². The highest BCUT2D eigenvalue weighted by Gasteiger charge is 2.41. The minimum absolute atomic E-state index is 0.0872. The van der Waals surface area contributed by atoms with E-state index in [1.165, 1.54) is 24.8 Å². The van der Waals surface area contributed by atoms with Crippen LogP contribution < -0.4 is 10.5 Å². The molecule has 0 bridgehead atoms. The van der Waals surface area contributed by atoms with Crippen LogP contribution in [0, 0.1) is 0 Å². The molecule has 1 aromatic carbocycles. The molecule has 0 radical (unpaired) electrons. The first kappa shape index (κ1) is 13.9. The van der Waals surface area contributed by atoms with Gasteiger partial charge in [0.15, 0.2) is 0 Å². The van der Waals surface area contributed by atoms with Crippen LogP contribution in [0.25, 0.3) is 0 Å². The number of hydrogen-bond donors (Lipinski definition) is 1. The van der Waals surface area contributed by atoms with Gasteiger partial charge in [0.2, 0.25) is 0 Å². The fraction of sp³-hybridized carbons (Fsp3) is 0.647. The summed E-state index contributed by atoms with van der Waals surface area (Å²) in [6.07, 6.45) is 6.84. The normalized spacial score (nSPS) is 22.1. The Hall–Kier alpha value is -1.06. The molecule has 0 spiro atoms. The molecular weight excluding hydrogens is 250 g/mol. The van der Waals surface area contributed by atoms with Crippen LogP contribution in [0.15, 0.2) is 18.2 Å². The van der Waals surface area contributed by atoms with Gasteiger partial charge in [-0.1, -0.05) is 37.5 Å². The molecule has 2 N–H and O–H groups in total. The Morgan fingerprint density at radius 2 is 2.10 bits per heavy atom. The Bertz CT molecular complexity index is 461. The van der Waals surface area contributed by atoms with Gasteiger partial charge in [0.25, 0.3) is 0 Å². The standard InChI is InChI=1S/C17H25NO2/c1-2-20-17(10-4-3-5-11-17)16(18)14-8-6-7-13-9-12-19-15(13)14/h6-8,16H,2-5,9-12,18H2,1H3. The lowest BCUT2D eigenvalue weighted by Gasteiger charge is -2.42. The summed E-state index contributed by atoms with van der Waals surface area (Å²) >= 11 is 0. The summed E-state index contributed by atoms with van der Waals surface area (Å²) in [5, 5.41) is 0. The van der Waals surface area contributed by atoms with Crippen molar-refractivity contribution in [1.82, 2.24) is 0 Å². The monoisotopic (exact) mass is 275 g/mol. The van der Waals surface area contributed by atoms with E-state index in [9.17, 15) is 0 Å². The van der Waals surface area contributed by atoms with Gasteiger partial charge >= 0.3 is 0 Å². The van der Waals surface area contributed by atoms with Crippen LogP contribution in [0.2, 0.25) is 0 Å². The lowest BCUT2D eigenvalue weighted by atomic mass is 9.76. The van der Waals surface area contributed by atoms with Crippen LogP contribution in [-0.4, -0.2) is 18.8 Å². The summed E-state index contributed by atoms with van der Waals surface area (Å²) in [6, 6.07) is 6.28. The molecule has 2 aliphatic rings. The minimum atomic E-state index is -0.200. The highest BCUT2D eigenvalue weighted by molar-refractivity contribution is 5.46. The van der Waals surface area contributed by atoms with Crippen LogP contribution in [0.1, 0.15) is 56.2 Å². The first-order valence-corrected chi connectivity index (χ1v) is 7.91. The Labute approximate surface area is 121 Å². The number of hydrogen-bond acceptors (Lipinski definition) is 3. The molecule has 3 heteroatoms. The quantitative estimate of drug-likeness (QED) is 0.916. The molecule has 110 valence electrons. The Morgan fingerprint density at radius 3 is 2.85 bits per heavy atom. The van der Waals surface area contributed by atoms with Crippen molar-refractivity contribution in [1.29, 1.82) is 0 Å². The van der Waals surface area contributed by atoms with E-state index >= 15 is 0 Å². The van der Waals surface area contributed by atoms with E-state index in [4.69, 9.17) is 15.2 Å². The van der Waals surface area contributed by atoms with Gasteiger partial charge in [-0.05, 0) is 25.3 Å².